The second-order valence-corrected chi connectivity index (χ2v) is 3.98. The zero-order valence-corrected chi connectivity index (χ0v) is 8.95. The van der Waals surface area contributed by atoms with E-state index in [9.17, 15) is 9.59 Å². The van der Waals surface area contributed by atoms with Crippen LogP contribution in [0.4, 0.5) is 4.79 Å². The van der Waals surface area contributed by atoms with Crippen molar-refractivity contribution in [1.82, 2.24) is 10.6 Å². The first-order valence-corrected chi connectivity index (χ1v) is 5.40. The minimum absolute atomic E-state index is 0.372. The molecule has 5 nitrogen and oxygen atoms in total. The van der Waals surface area contributed by atoms with Crippen LogP contribution in [-0.4, -0.2) is 29.7 Å². The fourth-order valence-corrected chi connectivity index (χ4v) is 1.31. The molecule has 0 aromatic carbocycles. The Balaban J connectivity index is 2.22. The van der Waals surface area contributed by atoms with Crippen LogP contribution in [0.25, 0.3) is 0 Å². The Morgan fingerprint density at radius 1 is 1.47 bits per heavy atom. The number of carbonyl (C=O) groups is 2. The van der Waals surface area contributed by atoms with Gasteiger partial charge in [0.1, 0.15) is 6.04 Å². The lowest BCUT2D eigenvalue weighted by atomic mass is 10.2. The Morgan fingerprint density at radius 3 is 2.60 bits per heavy atom. The number of hydrogen-bond acceptors (Lipinski definition) is 2. The molecule has 1 atom stereocenters. The van der Waals surface area contributed by atoms with Crippen LogP contribution in [0.15, 0.2) is 0 Å². The van der Waals surface area contributed by atoms with Crippen molar-refractivity contribution in [3.63, 3.8) is 0 Å². The van der Waals surface area contributed by atoms with Crippen LogP contribution in [0.5, 0.6) is 0 Å². The molecule has 1 saturated carbocycles. The minimum atomic E-state index is -0.974. The summed E-state index contributed by atoms with van der Waals surface area (Å²) in [6.45, 7) is 2.55. The molecule has 0 radical (unpaired) electrons. The highest BCUT2D eigenvalue weighted by Crippen LogP contribution is 2.27. The van der Waals surface area contributed by atoms with Gasteiger partial charge in [-0.3, -0.25) is 0 Å². The van der Waals surface area contributed by atoms with Crippen molar-refractivity contribution in [1.29, 1.82) is 0 Å². The summed E-state index contributed by atoms with van der Waals surface area (Å²) in [4.78, 5) is 22.0. The molecule has 0 aliphatic heterocycles. The van der Waals surface area contributed by atoms with Gasteiger partial charge in [-0.05, 0) is 25.2 Å². The number of aliphatic carboxylic acids is 1. The Morgan fingerprint density at radius 2 is 2.13 bits per heavy atom. The van der Waals surface area contributed by atoms with E-state index < -0.39 is 12.0 Å². The van der Waals surface area contributed by atoms with E-state index in [-0.39, 0.29) is 6.03 Å². The number of amides is 2. The number of rotatable bonds is 6. The maximum Gasteiger partial charge on any atom is 0.326 e. The third-order valence-corrected chi connectivity index (χ3v) is 2.43. The minimum Gasteiger partial charge on any atom is -0.480 e. The summed E-state index contributed by atoms with van der Waals surface area (Å²) in [5.74, 6) is -0.372. The highest BCUT2D eigenvalue weighted by molar-refractivity contribution is 5.82. The lowest BCUT2D eigenvalue weighted by Crippen LogP contribution is -2.46. The average molecular weight is 214 g/mol. The molecule has 0 heterocycles. The number of nitrogens with one attached hydrogen (secondary N) is 2. The molecule has 1 aliphatic rings. The smallest absolute Gasteiger partial charge is 0.326 e. The van der Waals surface area contributed by atoms with Gasteiger partial charge in [-0.2, -0.15) is 0 Å². The van der Waals surface area contributed by atoms with E-state index in [1.54, 1.807) is 0 Å². The molecule has 1 fully saturated rings. The highest BCUT2D eigenvalue weighted by Gasteiger charge is 2.23. The van der Waals surface area contributed by atoms with Crippen molar-refractivity contribution < 1.29 is 14.7 Å². The third-order valence-electron chi connectivity index (χ3n) is 2.43. The first-order chi connectivity index (χ1) is 7.13. The summed E-state index contributed by atoms with van der Waals surface area (Å²) < 4.78 is 0. The summed E-state index contributed by atoms with van der Waals surface area (Å²) in [7, 11) is 0. The van der Waals surface area contributed by atoms with E-state index in [1.807, 2.05) is 6.92 Å². The normalized spacial score (nSPS) is 16.9. The third kappa shape index (κ3) is 4.67. The van der Waals surface area contributed by atoms with Crippen LogP contribution in [-0.2, 0) is 4.79 Å². The van der Waals surface area contributed by atoms with Gasteiger partial charge in [-0.15, -0.1) is 0 Å². The number of carboxylic acids is 1. The molecular weight excluding hydrogens is 196 g/mol. The van der Waals surface area contributed by atoms with Crippen molar-refractivity contribution in [2.24, 2.45) is 5.92 Å². The molecule has 0 unspecified atom stereocenters. The summed E-state index contributed by atoms with van der Waals surface area (Å²) >= 11 is 0. The van der Waals surface area contributed by atoms with Crippen LogP contribution in [0, 0.1) is 5.92 Å². The second-order valence-electron chi connectivity index (χ2n) is 3.98. The van der Waals surface area contributed by atoms with Gasteiger partial charge in [-0.25, -0.2) is 9.59 Å². The molecule has 0 spiro atoms. The Hall–Kier alpha value is -1.26. The van der Waals surface area contributed by atoms with Crippen LogP contribution in [0.2, 0.25) is 0 Å². The SMILES string of the molecule is CCC[C@H](NC(=O)NCC1CC1)C(=O)O. The van der Waals surface area contributed by atoms with Gasteiger partial charge in [0.25, 0.3) is 0 Å². The van der Waals surface area contributed by atoms with E-state index in [1.165, 1.54) is 0 Å². The molecule has 0 aromatic rings. The fraction of sp³-hybridized carbons (Fsp3) is 0.800. The summed E-state index contributed by atoms with van der Waals surface area (Å²) in [6, 6.07) is -1.14. The predicted molar refractivity (Wildman–Crippen MR) is 55.6 cm³/mol. The van der Waals surface area contributed by atoms with Gasteiger partial charge < -0.3 is 15.7 Å². The Labute approximate surface area is 89.2 Å². The standard InChI is InChI=1S/C10H18N2O3/c1-2-3-8(9(13)14)12-10(15)11-6-7-4-5-7/h7-8H,2-6H2,1H3,(H,13,14)(H2,11,12,15)/t8-/m0/s1. The first kappa shape index (κ1) is 11.8. The lowest BCUT2D eigenvalue weighted by molar-refractivity contribution is -0.139. The highest BCUT2D eigenvalue weighted by atomic mass is 16.4. The molecule has 3 N–H and O–H groups in total. The van der Waals surface area contributed by atoms with Crippen molar-refractivity contribution in [2.45, 2.75) is 38.6 Å². The molecule has 15 heavy (non-hydrogen) atoms. The first-order valence-electron chi connectivity index (χ1n) is 5.40. The van der Waals surface area contributed by atoms with Gasteiger partial charge in [0.05, 0.1) is 0 Å². The maximum atomic E-state index is 11.3. The van der Waals surface area contributed by atoms with E-state index in [4.69, 9.17) is 5.11 Å². The molecule has 5 heteroatoms. The van der Waals surface area contributed by atoms with Crippen molar-refractivity contribution in [3.05, 3.63) is 0 Å². The molecule has 0 aromatic heterocycles. The average Bonchev–Trinajstić information content (AvgIpc) is 2.97. The zero-order chi connectivity index (χ0) is 11.3. The largest absolute Gasteiger partial charge is 0.480 e. The molecule has 0 bridgehead atoms. The monoisotopic (exact) mass is 214 g/mol. The molecular formula is C10H18N2O3. The van der Waals surface area contributed by atoms with Crippen molar-refractivity contribution >= 4 is 12.0 Å². The van der Waals surface area contributed by atoms with E-state index in [0.29, 0.717) is 18.9 Å². The lowest BCUT2D eigenvalue weighted by Gasteiger charge is -2.13. The summed E-state index contributed by atoms with van der Waals surface area (Å²) in [5.41, 5.74) is 0. The quantitative estimate of drug-likeness (QED) is 0.616. The second kappa shape index (κ2) is 5.58. The van der Waals surface area contributed by atoms with Gasteiger partial charge in [0.2, 0.25) is 0 Å². The molecule has 1 aliphatic carbocycles. The molecule has 2 amide bonds. The molecule has 0 saturated heterocycles. The molecule has 86 valence electrons. The van der Waals surface area contributed by atoms with Crippen molar-refractivity contribution in [2.75, 3.05) is 6.54 Å². The van der Waals surface area contributed by atoms with E-state index in [2.05, 4.69) is 10.6 Å². The predicted octanol–water partition coefficient (Wildman–Crippen LogP) is 0.949. The Kier molecular flexibility index (Phi) is 4.39. The topological polar surface area (TPSA) is 78.4 Å². The van der Waals surface area contributed by atoms with Crippen LogP contribution in [0.3, 0.4) is 0 Å². The number of carbonyl (C=O) groups excluding carboxylic acids is 1. The van der Waals surface area contributed by atoms with E-state index >= 15 is 0 Å². The van der Waals surface area contributed by atoms with Crippen LogP contribution >= 0.6 is 0 Å². The number of urea groups is 1. The van der Waals surface area contributed by atoms with Gasteiger partial charge in [0.15, 0.2) is 0 Å². The number of carboxylic acid groups (broad SMARTS) is 1. The van der Waals surface area contributed by atoms with Crippen molar-refractivity contribution in [3.8, 4) is 0 Å². The maximum absolute atomic E-state index is 11.3. The number of hydrogen-bond donors (Lipinski definition) is 3. The summed E-state index contributed by atoms with van der Waals surface area (Å²) in [5, 5.41) is 13.9. The zero-order valence-electron chi connectivity index (χ0n) is 8.95. The fourth-order valence-electron chi connectivity index (χ4n) is 1.31. The Bertz CT molecular complexity index is 239. The summed E-state index contributed by atoms with van der Waals surface area (Å²) in [6.07, 6.45) is 3.53. The van der Waals surface area contributed by atoms with Gasteiger partial charge in [0, 0.05) is 6.54 Å². The van der Waals surface area contributed by atoms with Crippen LogP contribution in [0.1, 0.15) is 32.6 Å². The van der Waals surface area contributed by atoms with E-state index in [0.717, 1.165) is 19.3 Å². The van der Waals surface area contributed by atoms with Gasteiger partial charge in [-0.1, -0.05) is 13.3 Å². The molecule has 1 rings (SSSR count). The van der Waals surface area contributed by atoms with Gasteiger partial charge >= 0.3 is 12.0 Å². The van der Waals surface area contributed by atoms with Crippen LogP contribution < -0.4 is 10.6 Å².